The molecule has 0 radical (unpaired) electrons. The molecule has 0 amide bonds. The van der Waals surface area contributed by atoms with Gasteiger partial charge in [-0.3, -0.25) is 0 Å². The Labute approximate surface area is 71.0 Å². The Bertz CT molecular complexity index is 78.6. The van der Waals surface area contributed by atoms with Gasteiger partial charge in [0.15, 0.2) is 0 Å². The van der Waals surface area contributed by atoms with Crippen LogP contribution in [0, 0.1) is 0 Å². The smallest absolute Gasteiger partial charge is 0.108 e. The number of halogens is 3. The minimum absolute atomic E-state index is 0.0239. The molecule has 0 spiro atoms. The van der Waals surface area contributed by atoms with Crippen molar-refractivity contribution in [2.45, 2.75) is 14.8 Å². The summed E-state index contributed by atoms with van der Waals surface area (Å²) in [5.74, 6) is 0. The predicted molar refractivity (Wildman–Crippen MR) is 44.1 cm³/mol. The van der Waals surface area contributed by atoms with Gasteiger partial charge in [0.25, 0.3) is 0 Å². The summed E-state index contributed by atoms with van der Waals surface area (Å²) in [5.41, 5.74) is 0. The van der Waals surface area contributed by atoms with Gasteiger partial charge in [-0.25, -0.2) is 0 Å². The molecule has 2 atom stereocenters. The maximum atomic E-state index is 5.71. The van der Waals surface area contributed by atoms with Gasteiger partial charge in [0.1, 0.15) is 9.42 Å². The van der Waals surface area contributed by atoms with Crippen LogP contribution in [0.15, 0.2) is 0 Å². The lowest BCUT2D eigenvalue weighted by molar-refractivity contribution is 1.04. The fourth-order valence-electron chi connectivity index (χ4n) is 0.331. The zero-order valence-electron chi connectivity index (χ0n) is 3.68. The second-order valence-corrected chi connectivity index (χ2v) is 5.86. The van der Waals surface area contributed by atoms with Crippen LogP contribution in [0.1, 0.15) is 0 Å². The summed E-state index contributed by atoms with van der Waals surface area (Å²) in [4.78, 5) is 0. The number of hydrogen-bond donors (Lipinski definition) is 0. The zero-order valence-corrected chi connectivity index (χ0v) is 7.58. The molecule has 1 rings (SSSR count). The van der Waals surface area contributed by atoms with Crippen LogP contribution in [0.5, 0.6) is 0 Å². The van der Waals surface area contributed by atoms with Crippen molar-refractivity contribution in [3.8, 4) is 0 Å². The second kappa shape index (κ2) is 3.11. The van der Waals surface area contributed by atoms with E-state index in [2.05, 4.69) is 0 Å². The highest BCUT2D eigenvalue weighted by Crippen LogP contribution is 2.49. The Morgan fingerprint density at radius 3 is 1.38 bits per heavy atom. The first-order valence-electron chi connectivity index (χ1n) is 1.96. The van der Waals surface area contributed by atoms with Crippen LogP contribution in [0.25, 0.3) is 0 Å². The Kier molecular flexibility index (Phi) is 2.98. The molecular weight excluding hydrogens is 207 g/mol. The van der Waals surface area contributed by atoms with Crippen molar-refractivity contribution in [1.82, 2.24) is 0 Å². The molecule has 2 unspecified atom stereocenters. The van der Waals surface area contributed by atoms with E-state index < -0.39 is 0 Å². The Morgan fingerprint density at radius 2 is 1.25 bits per heavy atom. The van der Waals surface area contributed by atoms with Gasteiger partial charge in [-0.15, -0.1) is 34.8 Å². The van der Waals surface area contributed by atoms with E-state index in [4.69, 9.17) is 34.8 Å². The van der Waals surface area contributed by atoms with Gasteiger partial charge in [0, 0.05) is 0 Å². The molecule has 8 heavy (non-hydrogen) atoms. The quantitative estimate of drug-likeness (QED) is 0.444. The summed E-state index contributed by atoms with van der Waals surface area (Å²) in [5, 5.41) is -0.0895. The molecule has 0 nitrogen and oxygen atoms in total. The van der Waals surface area contributed by atoms with E-state index in [0.717, 1.165) is 0 Å². The lowest BCUT2D eigenvalue weighted by Gasteiger charge is -2.02. The molecule has 1 aliphatic heterocycles. The van der Waals surface area contributed by atoms with E-state index in [-0.39, 0.29) is 14.8 Å². The molecule has 0 bridgehead atoms. The molecule has 1 aliphatic rings. The summed E-state index contributed by atoms with van der Waals surface area (Å²) in [7, 11) is 3.06. The maximum absolute atomic E-state index is 5.71. The molecule has 0 aromatic heterocycles. The van der Waals surface area contributed by atoms with Gasteiger partial charge in [0.2, 0.25) is 0 Å². The number of alkyl halides is 3. The van der Waals surface area contributed by atoms with Gasteiger partial charge >= 0.3 is 0 Å². The summed E-state index contributed by atoms with van der Waals surface area (Å²) >= 11 is 17.1. The van der Waals surface area contributed by atoms with E-state index in [0.29, 0.717) is 0 Å². The highest BCUT2D eigenvalue weighted by atomic mass is 35.5. The third kappa shape index (κ3) is 1.54. The molecule has 0 N–H and O–H groups in total. The van der Waals surface area contributed by atoms with Crippen molar-refractivity contribution in [2.75, 3.05) is 0 Å². The van der Waals surface area contributed by atoms with Crippen molar-refractivity contribution < 1.29 is 0 Å². The zero-order chi connectivity index (χ0) is 6.15. The van der Waals surface area contributed by atoms with E-state index in [9.17, 15) is 0 Å². The van der Waals surface area contributed by atoms with Crippen molar-refractivity contribution in [2.24, 2.45) is 0 Å². The Hall–Kier alpha value is 1.57. The normalized spacial score (nSPS) is 47.6. The highest BCUT2D eigenvalue weighted by molar-refractivity contribution is 8.78. The highest BCUT2D eigenvalue weighted by Gasteiger charge is 2.33. The summed E-state index contributed by atoms with van der Waals surface area (Å²) in [6, 6.07) is 0. The van der Waals surface area contributed by atoms with Crippen LogP contribution in [0.4, 0.5) is 0 Å². The molecule has 48 valence electrons. The average Bonchev–Trinajstić information content (AvgIpc) is 1.98. The van der Waals surface area contributed by atoms with Crippen LogP contribution in [0.3, 0.4) is 0 Å². The van der Waals surface area contributed by atoms with Gasteiger partial charge < -0.3 is 0 Å². The average molecular weight is 210 g/mol. The van der Waals surface area contributed by atoms with Crippen molar-refractivity contribution >= 4 is 56.4 Å². The SMILES string of the molecule is ClC1SSC(Cl)C1Cl. The molecule has 0 aromatic rings. The summed E-state index contributed by atoms with van der Waals surface area (Å²) in [6.07, 6.45) is 0. The number of rotatable bonds is 0. The molecule has 5 heteroatoms. The molecule has 1 fully saturated rings. The third-order valence-electron chi connectivity index (χ3n) is 0.740. The lowest BCUT2D eigenvalue weighted by atomic mass is 10.5. The molecule has 0 aromatic carbocycles. The molecule has 1 heterocycles. The van der Waals surface area contributed by atoms with E-state index >= 15 is 0 Å². The standard InChI is InChI=1S/C3H3Cl3S2/c4-1-2(5)7-8-3(1)6/h1-3H. The summed E-state index contributed by atoms with van der Waals surface area (Å²) < 4.78 is -0.0478. The predicted octanol–water partition coefficient (Wildman–Crippen LogP) is 3.12. The van der Waals surface area contributed by atoms with E-state index in [1.807, 2.05) is 0 Å². The van der Waals surface area contributed by atoms with Crippen LogP contribution in [-0.2, 0) is 0 Å². The minimum atomic E-state index is -0.0895. The van der Waals surface area contributed by atoms with Gasteiger partial charge in [-0.2, -0.15) is 0 Å². The molecule has 0 saturated carbocycles. The Morgan fingerprint density at radius 1 is 0.875 bits per heavy atom. The molecule has 1 saturated heterocycles. The largest absolute Gasteiger partial charge is 0.118 e. The van der Waals surface area contributed by atoms with Crippen LogP contribution < -0.4 is 0 Å². The van der Waals surface area contributed by atoms with Crippen LogP contribution in [0.2, 0.25) is 0 Å². The fourth-order valence-corrected chi connectivity index (χ4v) is 4.49. The monoisotopic (exact) mass is 208 g/mol. The minimum Gasteiger partial charge on any atom is -0.118 e. The molecular formula is C3H3Cl3S2. The first-order chi connectivity index (χ1) is 3.72. The van der Waals surface area contributed by atoms with E-state index in [1.165, 1.54) is 21.6 Å². The topological polar surface area (TPSA) is 0 Å². The maximum Gasteiger partial charge on any atom is 0.108 e. The Balaban J connectivity index is 2.44. The van der Waals surface area contributed by atoms with Crippen molar-refractivity contribution in [1.29, 1.82) is 0 Å². The van der Waals surface area contributed by atoms with Crippen LogP contribution in [-0.4, -0.2) is 14.8 Å². The van der Waals surface area contributed by atoms with E-state index in [1.54, 1.807) is 0 Å². The summed E-state index contributed by atoms with van der Waals surface area (Å²) in [6.45, 7) is 0. The molecule has 0 aliphatic carbocycles. The first kappa shape index (κ1) is 7.67. The van der Waals surface area contributed by atoms with Crippen molar-refractivity contribution in [3.05, 3.63) is 0 Å². The van der Waals surface area contributed by atoms with Gasteiger partial charge in [-0.05, 0) is 0 Å². The van der Waals surface area contributed by atoms with Crippen LogP contribution >= 0.6 is 56.4 Å². The first-order valence-corrected chi connectivity index (χ1v) is 5.54. The lowest BCUT2D eigenvalue weighted by Crippen LogP contribution is -2.11. The fraction of sp³-hybridized carbons (Fsp3) is 1.00. The number of hydrogen-bond acceptors (Lipinski definition) is 2. The van der Waals surface area contributed by atoms with Gasteiger partial charge in [-0.1, -0.05) is 21.6 Å². The van der Waals surface area contributed by atoms with Gasteiger partial charge in [0.05, 0.1) is 5.38 Å². The van der Waals surface area contributed by atoms with Crippen molar-refractivity contribution in [3.63, 3.8) is 0 Å². The third-order valence-corrected chi connectivity index (χ3v) is 6.15. The second-order valence-electron chi connectivity index (χ2n) is 1.34.